The van der Waals surface area contributed by atoms with Crippen molar-refractivity contribution in [2.24, 2.45) is 5.84 Å². The predicted molar refractivity (Wildman–Crippen MR) is 62.5 cm³/mol. The van der Waals surface area contributed by atoms with Gasteiger partial charge in [0.1, 0.15) is 0 Å². The lowest BCUT2D eigenvalue weighted by molar-refractivity contribution is -0.140. The van der Waals surface area contributed by atoms with Gasteiger partial charge in [0.2, 0.25) is 0 Å². The van der Waals surface area contributed by atoms with Crippen molar-refractivity contribution in [3.05, 3.63) is 42.2 Å². The molecule has 1 aromatic heterocycles. The van der Waals surface area contributed by atoms with E-state index in [0.717, 1.165) is 5.39 Å². The summed E-state index contributed by atoms with van der Waals surface area (Å²) in [5.74, 6) is 5.23. The highest BCUT2D eigenvalue weighted by molar-refractivity contribution is 5.85. The highest BCUT2D eigenvalue weighted by Crippen LogP contribution is 2.32. The summed E-state index contributed by atoms with van der Waals surface area (Å²) in [5.41, 5.74) is 2.72. The highest BCUT2D eigenvalue weighted by Gasteiger charge is 2.32. The van der Waals surface area contributed by atoms with Gasteiger partial charge in [-0.1, -0.05) is 18.2 Å². The topological polar surface area (TPSA) is 50.9 Å². The van der Waals surface area contributed by atoms with Crippen LogP contribution in [0.4, 0.5) is 13.2 Å². The number of hydrogen-bond acceptors (Lipinski definition) is 3. The molecular weight excluding hydrogens is 243 g/mol. The van der Waals surface area contributed by atoms with Gasteiger partial charge >= 0.3 is 6.18 Å². The molecule has 0 saturated heterocycles. The number of halogens is 3. The van der Waals surface area contributed by atoms with Crippen molar-refractivity contribution in [1.29, 1.82) is 0 Å². The summed E-state index contributed by atoms with van der Waals surface area (Å²) in [4.78, 5) is 3.94. The van der Waals surface area contributed by atoms with Crippen LogP contribution >= 0.6 is 0 Å². The Balaban J connectivity index is 2.45. The van der Waals surface area contributed by atoms with Crippen LogP contribution in [0.2, 0.25) is 0 Å². The van der Waals surface area contributed by atoms with Crippen molar-refractivity contribution in [3.63, 3.8) is 0 Å². The normalized spacial score (nSPS) is 13.8. The summed E-state index contributed by atoms with van der Waals surface area (Å²) in [7, 11) is 0. The SMILES string of the molecule is NNC(CC(F)(F)F)c1cccc2ccncc12. The Bertz CT molecular complexity index is 534. The Morgan fingerprint density at radius 1 is 1.28 bits per heavy atom. The van der Waals surface area contributed by atoms with Crippen LogP contribution in [0, 0.1) is 0 Å². The van der Waals surface area contributed by atoms with Crippen LogP contribution < -0.4 is 11.3 Å². The summed E-state index contributed by atoms with van der Waals surface area (Å²) >= 11 is 0. The monoisotopic (exact) mass is 255 g/mol. The van der Waals surface area contributed by atoms with Gasteiger partial charge in [-0.3, -0.25) is 16.3 Å². The number of hydrazine groups is 1. The molecule has 1 aromatic carbocycles. The second-order valence-corrected chi connectivity index (χ2v) is 3.98. The summed E-state index contributed by atoms with van der Waals surface area (Å²) in [6.07, 6.45) is -2.15. The maximum Gasteiger partial charge on any atom is 0.390 e. The van der Waals surface area contributed by atoms with Crippen molar-refractivity contribution >= 4 is 10.8 Å². The summed E-state index contributed by atoms with van der Waals surface area (Å²) in [5, 5.41) is 1.51. The minimum Gasteiger partial charge on any atom is -0.271 e. The molecule has 0 amide bonds. The van der Waals surface area contributed by atoms with Gasteiger partial charge < -0.3 is 0 Å². The third kappa shape index (κ3) is 2.77. The molecule has 0 fully saturated rings. The third-order valence-corrected chi connectivity index (χ3v) is 2.73. The summed E-state index contributed by atoms with van der Waals surface area (Å²) in [6, 6.07) is 5.93. The van der Waals surface area contributed by atoms with Gasteiger partial charge in [-0.05, 0) is 17.0 Å². The lowest BCUT2D eigenvalue weighted by atomic mass is 9.98. The Morgan fingerprint density at radius 3 is 2.72 bits per heavy atom. The smallest absolute Gasteiger partial charge is 0.271 e. The fraction of sp³-hybridized carbons (Fsp3) is 0.250. The van der Waals surface area contributed by atoms with Crippen molar-refractivity contribution in [2.75, 3.05) is 0 Å². The molecule has 3 nitrogen and oxygen atoms in total. The molecule has 0 bridgehead atoms. The second-order valence-electron chi connectivity index (χ2n) is 3.98. The fourth-order valence-corrected chi connectivity index (χ4v) is 1.93. The van der Waals surface area contributed by atoms with Gasteiger partial charge in [-0.15, -0.1) is 0 Å². The number of aromatic nitrogens is 1. The average molecular weight is 255 g/mol. The molecule has 0 radical (unpaired) electrons. The molecule has 6 heteroatoms. The minimum atomic E-state index is -4.28. The Hall–Kier alpha value is -1.66. The molecule has 2 rings (SSSR count). The summed E-state index contributed by atoms with van der Waals surface area (Å²) < 4.78 is 37.4. The maximum absolute atomic E-state index is 12.5. The minimum absolute atomic E-state index is 0.500. The molecule has 0 aliphatic heterocycles. The lowest BCUT2D eigenvalue weighted by Gasteiger charge is -2.19. The van der Waals surface area contributed by atoms with Crippen LogP contribution in [0.5, 0.6) is 0 Å². The first-order valence-corrected chi connectivity index (χ1v) is 5.37. The largest absolute Gasteiger partial charge is 0.390 e. The first-order chi connectivity index (χ1) is 8.51. The van der Waals surface area contributed by atoms with E-state index in [-0.39, 0.29) is 0 Å². The van der Waals surface area contributed by atoms with E-state index in [9.17, 15) is 13.2 Å². The first-order valence-electron chi connectivity index (χ1n) is 5.37. The number of nitrogens with one attached hydrogen (secondary N) is 1. The molecule has 0 spiro atoms. The Morgan fingerprint density at radius 2 is 2.06 bits per heavy atom. The van der Waals surface area contributed by atoms with Crippen molar-refractivity contribution in [2.45, 2.75) is 18.6 Å². The zero-order valence-corrected chi connectivity index (χ0v) is 9.41. The Kier molecular flexibility index (Phi) is 3.49. The predicted octanol–water partition coefficient (Wildman–Crippen LogP) is 2.69. The number of nitrogens with zero attached hydrogens (tertiary/aromatic N) is 1. The number of alkyl halides is 3. The molecular formula is C12H12F3N3. The molecule has 1 heterocycles. The molecule has 96 valence electrons. The molecule has 1 unspecified atom stereocenters. The molecule has 3 N–H and O–H groups in total. The molecule has 0 aliphatic carbocycles. The number of fused-ring (bicyclic) bond motifs is 1. The molecule has 18 heavy (non-hydrogen) atoms. The number of hydrogen-bond donors (Lipinski definition) is 2. The third-order valence-electron chi connectivity index (χ3n) is 2.73. The zero-order chi connectivity index (χ0) is 13.2. The van der Waals surface area contributed by atoms with Gasteiger partial charge in [-0.2, -0.15) is 13.2 Å². The molecule has 0 aliphatic rings. The van der Waals surface area contributed by atoms with E-state index in [2.05, 4.69) is 10.4 Å². The van der Waals surface area contributed by atoms with E-state index in [0.29, 0.717) is 10.9 Å². The van der Waals surface area contributed by atoms with Crippen molar-refractivity contribution < 1.29 is 13.2 Å². The lowest BCUT2D eigenvalue weighted by Crippen LogP contribution is -2.31. The van der Waals surface area contributed by atoms with E-state index in [1.54, 1.807) is 30.6 Å². The van der Waals surface area contributed by atoms with Gasteiger partial charge in [0, 0.05) is 17.8 Å². The number of benzene rings is 1. The van der Waals surface area contributed by atoms with Crippen LogP contribution in [0.3, 0.4) is 0 Å². The van der Waals surface area contributed by atoms with E-state index in [4.69, 9.17) is 5.84 Å². The number of rotatable bonds is 3. The standard InChI is InChI=1S/C12H12F3N3/c13-12(14,15)6-11(18-16)9-3-1-2-8-4-5-17-7-10(8)9/h1-5,7,11,18H,6,16H2. The van der Waals surface area contributed by atoms with Crippen LogP contribution in [-0.4, -0.2) is 11.2 Å². The van der Waals surface area contributed by atoms with Crippen LogP contribution in [0.1, 0.15) is 18.0 Å². The summed E-state index contributed by atoms with van der Waals surface area (Å²) in [6.45, 7) is 0. The first kappa shape index (κ1) is 12.8. The van der Waals surface area contributed by atoms with Gasteiger partial charge in [0.05, 0.1) is 12.5 Å². The second kappa shape index (κ2) is 4.91. The van der Waals surface area contributed by atoms with Gasteiger partial charge in [-0.25, -0.2) is 0 Å². The molecule has 0 saturated carbocycles. The fourth-order valence-electron chi connectivity index (χ4n) is 1.93. The molecule has 2 aromatic rings. The van der Waals surface area contributed by atoms with Crippen LogP contribution in [-0.2, 0) is 0 Å². The molecule has 1 atom stereocenters. The van der Waals surface area contributed by atoms with Gasteiger partial charge in [0.25, 0.3) is 0 Å². The zero-order valence-electron chi connectivity index (χ0n) is 9.41. The number of nitrogens with two attached hydrogens (primary N) is 1. The van der Waals surface area contributed by atoms with E-state index in [1.165, 1.54) is 0 Å². The number of pyridine rings is 1. The van der Waals surface area contributed by atoms with Crippen molar-refractivity contribution in [1.82, 2.24) is 10.4 Å². The van der Waals surface area contributed by atoms with Crippen LogP contribution in [0.25, 0.3) is 10.8 Å². The van der Waals surface area contributed by atoms with E-state index < -0.39 is 18.6 Å². The highest BCUT2D eigenvalue weighted by atomic mass is 19.4. The average Bonchev–Trinajstić information content (AvgIpc) is 2.34. The van der Waals surface area contributed by atoms with Gasteiger partial charge in [0.15, 0.2) is 0 Å². The van der Waals surface area contributed by atoms with E-state index in [1.807, 2.05) is 6.07 Å². The van der Waals surface area contributed by atoms with Crippen molar-refractivity contribution in [3.8, 4) is 0 Å². The Labute approximate surface area is 102 Å². The van der Waals surface area contributed by atoms with E-state index >= 15 is 0 Å². The van der Waals surface area contributed by atoms with Crippen LogP contribution in [0.15, 0.2) is 36.7 Å². The quantitative estimate of drug-likeness (QED) is 0.655. The maximum atomic E-state index is 12.5.